The van der Waals surface area contributed by atoms with Crippen LogP contribution in [0.3, 0.4) is 0 Å². The molecule has 7 heteroatoms. The Morgan fingerprint density at radius 1 is 1.21 bits per heavy atom. The van der Waals surface area contributed by atoms with Gasteiger partial charge in [0, 0.05) is 6.54 Å². The quantitative estimate of drug-likeness (QED) is 0.713. The summed E-state index contributed by atoms with van der Waals surface area (Å²) < 4.78 is 12.9. The van der Waals surface area contributed by atoms with E-state index in [0.717, 1.165) is 17.7 Å². The predicted molar refractivity (Wildman–Crippen MR) is 103 cm³/mol. The highest BCUT2D eigenvalue weighted by molar-refractivity contribution is 5.93. The standard InChI is InChI=1S/C21H22N4O3/c1-27-17-9-7-16(8-10-17)19-13-25-18(14-28-19)20(23-24-25)21(26)22-12-11-15-5-3-2-4-6-15/h2-10,19H,11-14H2,1H3,(H,22,26)/t19-/m0/s1. The fourth-order valence-electron chi connectivity index (χ4n) is 3.26. The first-order valence-electron chi connectivity index (χ1n) is 9.24. The summed E-state index contributed by atoms with van der Waals surface area (Å²) in [6.07, 6.45) is 0.639. The molecule has 0 saturated heterocycles. The number of rotatable bonds is 6. The van der Waals surface area contributed by atoms with Crippen molar-refractivity contribution in [1.82, 2.24) is 20.3 Å². The Morgan fingerprint density at radius 3 is 2.75 bits per heavy atom. The van der Waals surface area contributed by atoms with Gasteiger partial charge in [-0.05, 0) is 29.7 Å². The van der Waals surface area contributed by atoms with Gasteiger partial charge in [0.1, 0.15) is 11.9 Å². The molecule has 1 aliphatic heterocycles. The molecule has 144 valence electrons. The van der Waals surface area contributed by atoms with E-state index in [0.29, 0.717) is 31.1 Å². The van der Waals surface area contributed by atoms with E-state index in [1.54, 1.807) is 11.8 Å². The lowest BCUT2D eigenvalue weighted by Crippen LogP contribution is -2.29. The van der Waals surface area contributed by atoms with Crippen LogP contribution >= 0.6 is 0 Å². The molecule has 1 amide bonds. The van der Waals surface area contributed by atoms with E-state index < -0.39 is 0 Å². The molecular formula is C21H22N4O3. The van der Waals surface area contributed by atoms with Gasteiger partial charge in [0.15, 0.2) is 5.69 Å². The SMILES string of the molecule is COc1ccc([C@@H]2Cn3nnc(C(=O)NCCc4ccccc4)c3CO2)cc1. The molecule has 1 aliphatic rings. The fourth-order valence-corrected chi connectivity index (χ4v) is 3.26. The summed E-state index contributed by atoms with van der Waals surface area (Å²) in [7, 11) is 1.64. The Labute approximate surface area is 163 Å². The Bertz CT molecular complexity index is 938. The van der Waals surface area contributed by atoms with Crippen LogP contribution in [0.4, 0.5) is 0 Å². The number of ether oxygens (including phenoxy) is 2. The zero-order valence-corrected chi connectivity index (χ0v) is 15.7. The average molecular weight is 378 g/mol. The van der Waals surface area contributed by atoms with Gasteiger partial charge >= 0.3 is 0 Å². The molecule has 7 nitrogen and oxygen atoms in total. The Kier molecular flexibility index (Phi) is 5.34. The molecule has 28 heavy (non-hydrogen) atoms. The topological polar surface area (TPSA) is 78.3 Å². The monoisotopic (exact) mass is 378 g/mol. The van der Waals surface area contributed by atoms with Gasteiger partial charge in [0.05, 0.1) is 26.0 Å². The van der Waals surface area contributed by atoms with E-state index in [1.807, 2.05) is 54.6 Å². The second-order valence-electron chi connectivity index (χ2n) is 6.63. The number of hydrogen-bond acceptors (Lipinski definition) is 5. The third-order valence-electron chi connectivity index (χ3n) is 4.84. The van der Waals surface area contributed by atoms with Gasteiger partial charge in [-0.25, -0.2) is 4.68 Å². The zero-order chi connectivity index (χ0) is 19.3. The van der Waals surface area contributed by atoms with E-state index in [1.165, 1.54) is 5.56 Å². The molecule has 1 aromatic heterocycles. The second kappa shape index (κ2) is 8.22. The van der Waals surface area contributed by atoms with E-state index in [2.05, 4.69) is 15.6 Å². The zero-order valence-electron chi connectivity index (χ0n) is 15.7. The van der Waals surface area contributed by atoms with Crippen molar-refractivity contribution < 1.29 is 14.3 Å². The van der Waals surface area contributed by atoms with Crippen LogP contribution in [0.2, 0.25) is 0 Å². The molecule has 0 saturated carbocycles. The van der Waals surface area contributed by atoms with E-state index >= 15 is 0 Å². The molecule has 0 bridgehead atoms. The van der Waals surface area contributed by atoms with Crippen molar-refractivity contribution >= 4 is 5.91 Å². The third kappa shape index (κ3) is 3.89. The normalized spacial score (nSPS) is 15.7. The first kappa shape index (κ1) is 18.2. The van der Waals surface area contributed by atoms with Gasteiger partial charge in [0.2, 0.25) is 0 Å². The maximum Gasteiger partial charge on any atom is 0.273 e. The van der Waals surface area contributed by atoms with Crippen LogP contribution < -0.4 is 10.1 Å². The fraction of sp³-hybridized carbons (Fsp3) is 0.286. The summed E-state index contributed by atoms with van der Waals surface area (Å²) in [4.78, 5) is 12.5. The molecular weight excluding hydrogens is 356 g/mol. The van der Waals surface area contributed by atoms with Gasteiger partial charge in [-0.15, -0.1) is 5.10 Å². The number of hydrogen-bond donors (Lipinski definition) is 1. The minimum Gasteiger partial charge on any atom is -0.497 e. The maximum atomic E-state index is 12.5. The van der Waals surface area contributed by atoms with Gasteiger partial charge < -0.3 is 14.8 Å². The maximum absolute atomic E-state index is 12.5. The molecule has 1 atom stereocenters. The summed E-state index contributed by atoms with van der Waals surface area (Å²) in [5.74, 6) is 0.583. The lowest BCUT2D eigenvalue weighted by atomic mass is 10.1. The largest absolute Gasteiger partial charge is 0.497 e. The van der Waals surface area contributed by atoms with Crippen molar-refractivity contribution in [2.45, 2.75) is 25.7 Å². The molecule has 1 N–H and O–H groups in total. The Morgan fingerprint density at radius 2 is 2.00 bits per heavy atom. The highest BCUT2D eigenvalue weighted by atomic mass is 16.5. The van der Waals surface area contributed by atoms with Crippen LogP contribution in [-0.4, -0.2) is 34.6 Å². The summed E-state index contributed by atoms with van der Waals surface area (Å²) in [5.41, 5.74) is 3.26. The number of nitrogens with one attached hydrogen (secondary N) is 1. The molecule has 0 radical (unpaired) electrons. The van der Waals surface area contributed by atoms with Gasteiger partial charge in [-0.2, -0.15) is 0 Å². The number of amides is 1. The first-order chi connectivity index (χ1) is 13.7. The average Bonchev–Trinajstić information content (AvgIpc) is 3.18. The van der Waals surface area contributed by atoms with Gasteiger partial charge in [-0.1, -0.05) is 47.7 Å². The highest BCUT2D eigenvalue weighted by Crippen LogP contribution is 2.28. The van der Waals surface area contributed by atoms with Crippen LogP contribution in [0.15, 0.2) is 54.6 Å². The number of benzene rings is 2. The van der Waals surface area contributed by atoms with Crippen molar-refractivity contribution in [2.24, 2.45) is 0 Å². The number of carbonyl (C=O) groups excluding carboxylic acids is 1. The lowest BCUT2D eigenvalue weighted by molar-refractivity contribution is -0.00179. The minimum absolute atomic E-state index is 0.130. The lowest BCUT2D eigenvalue weighted by Gasteiger charge is -2.24. The Hall–Kier alpha value is -3.19. The summed E-state index contributed by atoms with van der Waals surface area (Å²) in [6.45, 7) is 1.36. The predicted octanol–water partition coefficient (Wildman–Crippen LogP) is 2.53. The number of nitrogens with zero attached hydrogens (tertiary/aromatic N) is 3. The number of aromatic nitrogens is 3. The molecule has 3 aromatic rings. The third-order valence-corrected chi connectivity index (χ3v) is 4.84. The molecule has 2 aromatic carbocycles. The van der Waals surface area contributed by atoms with Crippen molar-refractivity contribution in [3.8, 4) is 5.75 Å². The molecule has 0 aliphatic carbocycles. The Balaban J connectivity index is 1.38. The van der Waals surface area contributed by atoms with Crippen LogP contribution in [0.5, 0.6) is 5.75 Å². The smallest absolute Gasteiger partial charge is 0.273 e. The minimum atomic E-state index is -0.219. The number of carbonyl (C=O) groups is 1. The van der Waals surface area contributed by atoms with Crippen molar-refractivity contribution in [3.05, 3.63) is 77.1 Å². The summed E-state index contributed by atoms with van der Waals surface area (Å²) in [6, 6.07) is 17.8. The molecule has 4 rings (SSSR count). The molecule has 0 fully saturated rings. The van der Waals surface area contributed by atoms with Crippen molar-refractivity contribution in [1.29, 1.82) is 0 Å². The molecule has 2 heterocycles. The second-order valence-corrected chi connectivity index (χ2v) is 6.63. The van der Waals surface area contributed by atoms with Gasteiger partial charge in [0.25, 0.3) is 5.91 Å². The molecule has 0 spiro atoms. The number of methoxy groups -OCH3 is 1. The van der Waals surface area contributed by atoms with Crippen molar-refractivity contribution in [3.63, 3.8) is 0 Å². The van der Waals surface area contributed by atoms with Crippen LogP contribution in [-0.2, 0) is 24.3 Å². The summed E-state index contributed by atoms with van der Waals surface area (Å²) in [5, 5.41) is 11.1. The van der Waals surface area contributed by atoms with E-state index in [9.17, 15) is 4.79 Å². The van der Waals surface area contributed by atoms with E-state index in [4.69, 9.17) is 9.47 Å². The highest BCUT2D eigenvalue weighted by Gasteiger charge is 2.27. The van der Waals surface area contributed by atoms with E-state index in [-0.39, 0.29) is 12.0 Å². The van der Waals surface area contributed by atoms with Gasteiger partial charge in [-0.3, -0.25) is 4.79 Å². The number of fused-ring (bicyclic) bond motifs is 1. The first-order valence-corrected chi connectivity index (χ1v) is 9.24. The van der Waals surface area contributed by atoms with Crippen molar-refractivity contribution in [2.75, 3.05) is 13.7 Å². The van der Waals surface area contributed by atoms with Crippen LogP contribution in [0.25, 0.3) is 0 Å². The summed E-state index contributed by atoms with van der Waals surface area (Å²) >= 11 is 0. The van der Waals surface area contributed by atoms with Crippen LogP contribution in [0.1, 0.15) is 33.4 Å². The van der Waals surface area contributed by atoms with Crippen LogP contribution in [0, 0.1) is 0 Å². The molecule has 0 unspecified atom stereocenters.